The van der Waals surface area contributed by atoms with Crippen molar-refractivity contribution in [3.63, 3.8) is 0 Å². The lowest BCUT2D eigenvalue weighted by atomic mass is 9.85. The average Bonchev–Trinajstić information content (AvgIpc) is 2.72. The van der Waals surface area contributed by atoms with E-state index in [0.29, 0.717) is 11.7 Å². The second-order valence-electron chi connectivity index (χ2n) is 11.0. The van der Waals surface area contributed by atoms with Gasteiger partial charge in [0.2, 0.25) is 10.0 Å². The number of sulfonamides is 1. The molecule has 5 nitrogen and oxygen atoms in total. The molecule has 0 aliphatic heterocycles. The molecule has 0 aliphatic carbocycles. The highest BCUT2D eigenvalue weighted by Crippen LogP contribution is 2.35. The molecule has 2 rings (SSSR count). The Morgan fingerprint density at radius 1 is 0.743 bits per heavy atom. The van der Waals surface area contributed by atoms with Gasteiger partial charge in [-0.05, 0) is 63.0 Å². The third-order valence-electron chi connectivity index (χ3n) is 6.34. The van der Waals surface area contributed by atoms with Crippen LogP contribution in [0.25, 0.3) is 0 Å². The summed E-state index contributed by atoms with van der Waals surface area (Å²) in [6.45, 7) is 20.6. The molecule has 1 N–H and O–H groups in total. The van der Waals surface area contributed by atoms with Crippen LogP contribution in [-0.2, 0) is 15.8 Å². The fraction of sp³-hybridized carbons (Fsp3) is 0.552. The summed E-state index contributed by atoms with van der Waals surface area (Å²) in [7, 11) is -3.99. The van der Waals surface area contributed by atoms with Crippen molar-refractivity contribution >= 4 is 16.1 Å². The second kappa shape index (κ2) is 11.6. The quantitative estimate of drug-likeness (QED) is 0.379. The Hall–Kier alpha value is -2.34. The van der Waals surface area contributed by atoms with Crippen molar-refractivity contribution in [3.05, 3.63) is 63.7 Å². The Morgan fingerprint density at radius 2 is 1.17 bits per heavy atom. The van der Waals surface area contributed by atoms with Gasteiger partial charge in [0, 0.05) is 0 Å². The first-order valence-electron chi connectivity index (χ1n) is 12.7. The third-order valence-corrected chi connectivity index (χ3v) is 7.49. The number of benzene rings is 2. The first-order valence-corrected chi connectivity index (χ1v) is 14.3. The second-order valence-corrected chi connectivity index (χ2v) is 12.7. The molecule has 0 fully saturated rings. The number of carbonyl (C=O) groups is 1. The molecule has 0 aliphatic rings. The number of amides is 1. The summed E-state index contributed by atoms with van der Waals surface area (Å²) in [4.78, 5) is 12.8. The van der Waals surface area contributed by atoms with Crippen molar-refractivity contribution in [1.82, 2.24) is 4.72 Å². The van der Waals surface area contributed by atoms with Gasteiger partial charge in [-0.25, -0.2) is 17.9 Å². The van der Waals surface area contributed by atoms with Crippen molar-refractivity contribution in [2.24, 2.45) is 0 Å². The van der Waals surface area contributed by atoms with E-state index in [2.05, 4.69) is 58.4 Å². The molecule has 2 aromatic carbocycles. The maximum absolute atomic E-state index is 13.2. The van der Waals surface area contributed by atoms with E-state index in [1.54, 1.807) is 0 Å². The maximum Gasteiger partial charge on any atom is 0.426 e. The summed E-state index contributed by atoms with van der Waals surface area (Å²) in [5.41, 5.74) is 5.72. The normalized spacial score (nSPS) is 12.3. The molecule has 6 heteroatoms. The molecular formula is C29H43NO4S. The Morgan fingerprint density at radius 3 is 1.54 bits per heavy atom. The topological polar surface area (TPSA) is 72.5 Å². The van der Waals surface area contributed by atoms with E-state index >= 15 is 0 Å². The summed E-state index contributed by atoms with van der Waals surface area (Å²) in [5.74, 6) is 1.04. The van der Waals surface area contributed by atoms with Gasteiger partial charge in [0.05, 0.1) is 5.75 Å². The average molecular weight is 502 g/mol. The van der Waals surface area contributed by atoms with Crippen LogP contribution in [0.2, 0.25) is 0 Å². The fourth-order valence-corrected chi connectivity index (χ4v) is 5.42. The van der Waals surface area contributed by atoms with Crippen LogP contribution in [0.5, 0.6) is 5.75 Å². The Labute approximate surface area is 212 Å². The van der Waals surface area contributed by atoms with Gasteiger partial charge in [-0.1, -0.05) is 99.6 Å². The van der Waals surface area contributed by atoms with Gasteiger partial charge in [0.15, 0.2) is 0 Å². The van der Waals surface area contributed by atoms with Gasteiger partial charge >= 0.3 is 6.09 Å². The van der Waals surface area contributed by atoms with Crippen LogP contribution in [0.3, 0.4) is 0 Å². The molecule has 1 amide bonds. The molecule has 0 atom stereocenters. The van der Waals surface area contributed by atoms with Gasteiger partial charge in [0.1, 0.15) is 5.75 Å². The Balaban J connectivity index is 2.41. The van der Waals surface area contributed by atoms with Gasteiger partial charge in [-0.2, -0.15) is 0 Å². The smallest absolute Gasteiger partial charge is 0.409 e. The van der Waals surface area contributed by atoms with E-state index in [1.807, 2.05) is 45.9 Å². The lowest BCUT2D eigenvalue weighted by Crippen LogP contribution is -2.35. The predicted octanol–water partition coefficient (Wildman–Crippen LogP) is 7.92. The van der Waals surface area contributed by atoms with Crippen molar-refractivity contribution in [2.75, 3.05) is 0 Å². The van der Waals surface area contributed by atoms with Gasteiger partial charge in [-0.3, -0.25) is 0 Å². The number of para-hydroxylation sites is 1. The predicted molar refractivity (Wildman–Crippen MR) is 145 cm³/mol. The van der Waals surface area contributed by atoms with E-state index in [9.17, 15) is 13.2 Å². The zero-order valence-corrected chi connectivity index (χ0v) is 23.8. The monoisotopic (exact) mass is 501 g/mol. The lowest BCUT2D eigenvalue weighted by Gasteiger charge is -2.23. The zero-order valence-electron chi connectivity index (χ0n) is 23.0. The molecule has 35 heavy (non-hydrogen) atoms. The molecule has 0 unspecified atom stereocenters. The SMILES string of the molecule is CC(C)c1cc(C(C)C)c(CS(=O)(=O)NC(=O)Oc2c(C(C)C)cccc2C(C)C)c(C(C)C)c1. The minimum Gasteiger partial charge on any atom is -0.409 e. The highest BCUT2D eigenvalue weighted by atomic mass is 32.2. The Bertz CT molecular complexity index is 1090. The van der Waals surface area contributed by atoms with Crippen LogP contribution in [0.4, 0.5) is 4.79 Å². The Kier molecular flexibility index (Phi) is 9.57. The van der Waals surface area contributed by atoms with Crippen LogP contribution in [0.1, 0.15) is 132 Å². The minimum absolute atomic E-state index is 0.120. The van der Waals surface area contributed by atoms with Crippen LogP contribution in [-0.4, -0.2) is 14.5 Å². The molecule has 0 spiro atoms. The fourth-order valence-electron chi connectivity index (χ4n) is 4.34. The standard InChI is InChI=1S/C29H43NO4S/c1-17(2)22-14-25(20(7)8)27(26(15-22)21(9)10)16-35(32,33)30-29(31)34-28-23(18(3)4)12-11-13-24(28)19(5)6/h11-15,17-21H,16H2,1-10H3,(H,30,31). The van der Waals surface area contributed by atoms with Crippen molar-refractivity contribution < 1.29 is 17.9 Å². The number of nitrogens with one attached hydrogen (secondary N) is 1. The largest absolute Gasteiger partial charge is 0.426 e. The van der Waals surface area contributed by atoms with E-state index in [1.165, 1.54) is 5.56 Å². The van der Waals surface area contributed by atoms with E-state index in [4.69, 9.17) is 4.74 Å². The third kappa shape index (κ3) is 7.33. The van der Waals surface area contributed by atoms with Crippen molar-refractivity contribution in [3.8, 4) is 5.75 Å². The molecule has 0 saturated carbocycles. The number of hydrogen-bond acceptors (Lipinski definition) is 4. The highest BCUT2D eigenvalue weighted by molar-refractivity contribution is 7.89. The molecule has 0 saturated heterocycles. The number of hydrogen-bond donors (Lipinski definition) is 1. The summed E-state index contributed by atoms with van der Waals surface area (Å²) in [5, 5.41) is 0. The van der Waals surface area contributed by atoms with E-state index in [-0.39, 0.29) is 29.4 Å². The van der Waals surface area contributed by atoms with Gasteiger partial charge in [-0.15, -0.1) is 0 Å². The van der Waals surface area contributed by atoms with Crippen molar-refractivity contribution in [2.45, 2.75) is 105 Å². The van der Waals surface area contributed by atoms with Gasteiger partial charge in [0.25, 0.3) is 0 Å². The highest BCUT2D eigenvalue weighted by Gasteiger charge is 2.25. The van der Waals surface area contributed by atoms with Gasteiger partial charge < -0.3 is 4.74 Å². The molecule has 0 radical (unpaired) electrons. The molecular weight excluding hydrogens is 458 g/mol. The minimum atomic E-state index is -3.99. The van der Waals surface area contributed by atoms with Crippen molar-refractivity contribution in [1.29, 1.82) is 0 Å². The summed E-state index contributed by atoms with van der Waals surface area (Å²) in [6.07, 6.45) is -0.976. The van der Waals surface area contributed by atoms with E-state index in [0.717, 1.165) is 27.8 Å². The van der Waals surface area contributed by atoms with Crippen LogP contribution in [0, 0.1) is 0 Å². The number of rotatable bonds is 9. The summed E-state index contributed by atoms with van der Waals surface area (Å²) >= 11 is 0. The zero-order chi connectivity index (χ0) is 26.7. The van der Waals surface area contributed by atoms with E-state index < -0.39 is 16.1 Å². The molecule has 0 aromatic heterocycles. The molecule has 194 valence electrons. The first-order chi connectivity index (χ1) is 16.1. The molecule has 0 heterocycles. The van der Waals surface area contributed by atoms with Crippen LogP contribution in [0.15, 0.2) is 30.3 Å². The summed E-state index contributed by atoms with van der Waals surface area (Å²) < 4.78 is 34.2. The number of carbonyl (C=O) groups excluding carboxylic acids is 1. The van der Waals surface area contributed by atoms with Crippen LogP contribution < -0.4 is 9.46 Å². The maximum atomic E-state index is 13.2. The molecule has 2 aromatic rings. The summed E-state index contributed by atoms with van der Waals surface area (Å²) in [6, 6.07) is 9.98. The molecule has 0 bridgehead atoms. The van der Waals surface area contributed by atoms with Crippen LogP contribution >= 0.6 is 0 Å². The number of ether oxygens (including phenoxy) is 1. The first kappa shape index (κ1) is 28.9. The lowest BCUT2D eigenvalue weighted by molar-refractivity contribution is 0.205.